The van der Waals surface area contributed by atoms with Gasteiger partial charge in [-0.15, -0.1) is 0 Å². The Labute approximate surface area is 332 Å². The van der Waals surface area contributed by atoms with Crippen LogP contribution in [0.1, 0.15) is 22.3 Å². The Morgan fingerprint density at radius 2 is 0.912 bits per heavy atom. The van der Waals surface area contributed by atoms with Gasteiger partial charge in [-0.25, -0.2) is 4.98 Å². The maximum absolute atomic E-state index is 5.10. The molecular formula is C52H39N5. The van der Waals surface area contributed by atoms with Crippen LogP contribution in [0, 0.1) is 0 Å². The van der Waals surface area contributed by atoms with E-state index in [1.807, 2.05) is 43.2 Å². The second-order valence-corrected chi connectivity index (χ2v) is 14.7. The van der Waals surface area contributed by atoms with E-state index in [0.29, 0.717) is 0 Å². The highest BCUT2D eigenvalue weighted by Gasteiger charge is 2.15. The number of aromatic nitrogens is 5. The highest BCUT2D eigenvalue weighted by atomic mass is 15.0. The number of imidazole rings is 1. The molecule has 5 heterocycles. The first kappa shape index (κ1) is 34.3. The average molecular weight is 734 g/mol. The molecule has 5 aromatic heterocycles. The molecule has 5 aromatic carbocycles. The van der Waals surface area contributed by atoms with Crippen LogP contribution in [-0.4, -0.2) is 24.3 Å². The van der Waals surface area contributed by atoms with Crippen LogP contribution in [0.3, 0.4) is 0 Å². The number of rotatable bonds is 10. The van der Waals surface area contributed by atoms with Crippen LogP contribution in [0.15, 0.2) is 189 Å². The number of aryl methyl sites for hydroxylation is 4. The fourth-order valence-electron chi connectivity index (χ4n) is 8.07. The minimum atomic E-state index is 0.904. The second-order valence-electron chi connectivity index (χ2n) is 14.7. The van der Waals surface area contributed by atoms with Crippen LogP contribution >= 0.6 is 0 Å². The molecular weight excluding hydrogens is 695 g/mol. The SMILES string of the molecule is c1ccc(-c2ccc(CCc3cc(CCc4ccc(-c5ccccc5)nc4)cc(-c4ccccc4-c4cnc5c6ccccc6c6cncn6c5c4)c3)cn2)cc1. The molecule has 0 aliphatic rings. The van der Waals surface area contributed by atoms with Gasteiger partial charge >= 0.3 is 0 Å². The number of fused-ring (bicyclic) bond motifs is 6. The van der Waals surface area contributed by atoms with Gasteiger partial charge in [0.2, 0.25) is 0 Å². The van der Waals surface area contributed by atoms with Gasteiger partial charge in [-0.05, 0) is 82.8 Å². The van der Waals surface area contributed by atoms with Gasteiger partial charge < -0.3 is 0 Å². The molecule has 0 aliphatic carbocycles. The van der Waals surface area contributed by atoms with Crippen molar-refractivity contribution in [2.75, 3.05) is 0 Å². The Morgan fingerprint density at radius 3 is 1.51 bits per heavy atom. The van der Waals surface area contributed by atoms with E-state index in [0.717, 1.165) is 86.6 Å². The lowest BCUT2D eigenvalue weighted by atomic mass is 9.90. The molecule has 0 aliphatic heterocycles. The van der Waals surface area contributed by atoms with Gasteiger partial charge in [-0.3, -0.25) is 19.4 Å². The van der Waals surface area contributed by atoms with E-state index in [1.165, 1.54) is 33.4 Å². The summed E-state index contributed by atoms with van der Waals surface area (Å²) in [4.78, 5) is 19.3. The van der Waals surface area contributed by atoms with Crippen LogP contribution in [0.4, 0.5) is 0 Å². The highest BCUT2D eigenvalue weighted by Crippen LogP contribution is 2.36. The Balaban J connectivity index is 0.996. The topological polar surface area (TPSA) is 56.0 Å². The Hall–Kier alpha value is -7.24. The molecule has 10 rings (SSSR count). The van der Waals surface area contributed by atoms with Crippen molar-refractivity contribution in [1.29, 1.82) is 0 Å². The van der Waals surface area contributed by atoms with E-state index in [9.17, 15) is 0 Å². The van der Waals surface area contributed by atoms with Crippen molar-refractivity contribution in [2.45, 2.75) is 25.7 Å². The van der Waals surface area contributed by atoms with E-state index >= 15 is 0 Å². The summed E-state index contributed by atoms with van der Waals surface area (Å²) in [6.45, 7) is 0. The van der Waals surface area contributed by atoms with Gasteiger partial charge in [0.25, 0.3) is 0 Å². The fourth-order valence-corrected chi connectivity index (χ4v) is 8.07. The Kier molecular flexibility index (Phi) is 9.09. The zero-order chi connectivity index (χ0) is 38.0. The third kappa shape index (κ3) is 6.96. The molecule has 272 valence electrons. The van der Waals surface area contributed by atoms with Crippen LogP contribution < -0.4 is 0 Å². The minimum absolute atomic E-state index is 0.904. The van der Waals surface area contributed by atoms with Gasteiger partial charge in [-0.1, -0.05) is 140 Å². The number of hydrogen-bond acceptors (Lipinski definition) is 4. The van der Waals surface area contributed by atoms with E-state index in [1.54, 1.807) is 0 Å². The Bertz CT molecular complexity index is 2880. The zero-order valence-electron chi connectivity index (χ0n) is 31.5. The number of pyridine rings is 4. The first-order chi connectivity index (χ1) is 28.2. The summed E-state index contributed by atoms with van der Waals surface area (Å²) in [6.07, 6.45) is 13.5. The summed E-state index contributed by atoms with van der Waals surface area (Å²) in [5.41, 5.74) is 17.1. The summed E-state index contributed by atoms with van der Waals surface area (Å²) in [5, 5.41) is 2.28. The van der Waals surface area contributed by atoms with Crippen molar-refractivity contribution >= 4 is 27.3 Å². The molecule has 0 spiro atoms. The van der Waals surface area contributed by atoms with Gasteiger partial charge in [-0.2, -0.15) is 0 Å². The molecule has 5 nitrogen and oxygen atoms in total. The molecule has 5 heteroatoms. The normalized spacial score (nSPS) is 11.4. The smallest absolute Gasteiger partial charge is 0.0997 e. The summed E-state index contributed by atoms with van der Waals surface area (Å²) in [7, 11) is 0. The number of hydrogen-bond donors (Lipinski definition) is 0. The molecule has 0 amide bonds. The third-order valence-electron chi connectivity index (χ3n) is 11.0. The largest absolute Gasteiger partial charge is 0.297 e. The van der Waals surface area contributed by atoms with Crippen LogP contribution in [0.5, 0.6) is 0 Å². The standard InChI is InChI=1S/C52H39N5/c1-3-11-40(12-4-1)48-25-23-36(31-54-48)19-21-38-27-39(22-20-37-24-26-49(55-32-37)41-13-5-2-6-14-41)29-42(28-38)44-15-7-8-16-45(44)43-30-50-52(56-33-43)47-18-10-9-17-46(47)51-34-53-35-57(50)51/h1-18,23-35H,19-22H2. The van der Waals surface area contributed by atoms with E-state index in [2.05, 4.69) is 155 Å². The highest BCUT2D eigenvalue weighted by molar-refractivity contribution is 6.11. The number of benzene rings is 5. The van der Waals surface area contributed by atoms with Crippen LogP contribution in [0.25, 0.3) is 72.1 Å². The monoisotopic (exact) mass is 733 g/mol. The molecule has 0 unspecified atom stereocenters. The van der Waals surface area contributed by atoms with Crippen molar-refractivity contribution < 1.29 is 0 Å². The molecule has 0 radical (unpaired) electrons. The summed E-state index contributed by atoms with van der Waals surface area (Å²) < 4.78 is 2.16. The molecule has 0 bridgehead atoms. The van der Waals surface area contributed by atoms with Crippen LogP contribution in [0.2, 0.25) is 0 Å². The third-order valence-corrected chi connectivity index (χ3v) is 11.0. The van der Waals surface area contributed by atoms with Crippen molar-refractivity contribution in [1.82, 2.24) is 24.3 Å². The first-order valence-electron chi connectivity index (χ1n) is 19.6. The van der Waals surface area contributed by atoms with Gasteiger partial charge in [0, 0.05) is 46.1 Å². The molecule has 0 fully saturated rings. The van der Waals surface area contributed by atoms with E-state index in [-0.39, 0.29) is 0 Å². The first-order valence-corrected chi connectivity index (χ1v) is 19.6. The average Bonchev–Trinajstić information content (AvgIpc) is 3.80. The fraction of sp³-hybridized carbons (Fsp3) is 0.0769. The predicted octanol–water partition coefficient (Wildman–Crippen LogP) is 12.1. The summed E-state index contributed by atoms with van der Waals surface area (Å²) >= 11 is 0. The molecule has 0 saturated heterocycles. The maximum Gasteiger partial charge on any atom is 0.0997 e. The number of nitrogens with zero attached hydrogens (tertiary/aromatic N) is 5. The van der Waals surface area contributed by atoms with Crippen molar-refractivity contribution in [3.05, 3.63) is 211 Å². The lowest BCUT2D eigenvalue weighted by molar-refractivity contribution is 0.923. The molecule has 57 heavy (non-hydrogen) atoms. The summed E-state index contributed by atoms with van der Waals surface area (Å²) in [5.74, 6) is 0. The van der Waals surface area contributed by atoms with Gasteiger partial charge in [0.1, 0.15) is 0 Å². The molecule has 10 aromatic rings. The van der Waals surface area contributed by atoms with Crippen LogP contribution in [-0.2, 0) is 25.7 Å². The maximum atomic E-state index is 5.10. The minimum Gasteiger partial charge on any atom is -0.297 e. The lowest BCUT2D eigenvalue weighted by Crippen LogP contribution is -1.99. The van der Waals surface area contributed by atoms with Crippen molar-refractivity contribution in [2.24, 2.45) is 0 Å². The zero-order valence-corrected chi connectivity index (χ0v) is 31.5. The second kappa shape index (κ2) is 15.1. The quantitative estimate of drug-likeness (QED) is 0.131. The van der Waals surface area contributed by atoms with Gasteiger partial charge in [0.15, 0.2) is 0 Å². The molecule has 0 N–H and O–H groups in total. The lowest BCUT2D eigenvalue weighted by Gasteiger charge is -2.15. The van der Waals surface area contributed by atoms with E-state index in [4.69, 9.17) is 15.0 Å². The summed E-state index contributed by atoms with van der Waals surface area (Å²) in [6, 6.07) is 56.0. The molecule has 0 saturated carbocycles. The predicted molar refractivity (Wildman–Crippen MR) is 233 cm³/mol. The van der Waals surface area contributed by atoms with Gasteiger partial charge in [0.05, 0.1) is 40.5 Å². The van der Waals surface area contributed by atoms with E-state index < -0.39 is 0 Å². The Morgan fingerprint density at radius 1 is 0.368 bits per heavy atom. The van der Waals surface area contributed by atoms with Crippen molar-refractivity contribution in [3.8, 4) is 44.8 Å². The van der Waals surface area contributed by atoms with Crippen molar-refractivity contribution in [3.63, 3.8) is 0 Å². The molecule has 0 atom stereocenters.